The molecule has 0 bridgehead atoms. The van der Waals surface area contributed by atoms with Gasteiger partial charge in [-0.1, -0.05) is 32.0 Å². The van der Waals surface area contributed by atoms with Crippen LogP contribution in [0.3, 0.4) is 0 Å². The number of hydrogen-bond donors (Lipinski definition) is 2. The highest BCUT2D eigenvalue weighted by Gasteiger charge is 2.48. The van der Waals surface area contributed by atoms with Gasteiger partial charge >= 0.3 is 6.18 Å². The van der Waals surface area contributed by atoms with Crippen molar-refractivity contribution in [1.82, 2.24) is 0 Å². The van der Waals surface area contributed by atoms with Crippen molar-refractivity contribution in [2.24, 2.45) is 5.41 Å². The molecular formula is C33H29F3N2O5. The normalized spacial score (nSPS) is 20.7. The van der Waals surface area contributed by atoms with Crippen LogP contribution >= 0.6 is 0 Å². The second kappa shape index (κ2) is 10.2. The quantitative estimate of drug-likeness (QED) is 0.304. The monoisotopic (exact) mass is 590 g/mol. The van der Waals surface area contributed by atoms with Crippen LogP contribution in [0.1, 0.15) is 49.3 Å². The van der Waals surface area contributed by atoms with Gasteiger partial charge in [-0.05, 0) is 65.9 Å². The number of carbonyl (C=O) groups is 1. The van der Waals surface area contributed by atoms with Crippen molar-refractivity contribution in [3.05, 3.63) is 100 Å². The third-order valence-corrected chi connectivity index (χ3v) is 8.02. The van der Waals surface area contributed by atoms with Gasteiger partial charge in [0, 0.05) is 34.7 Å². The van der Waals surface area contributed by atoms with Gasteiger partial charge in [0.2, 0.25) is 6.79 Å². The van der Waals surface area contributed by atoms with Gasteiger partial charge in [0.25, 0.3) is 0 Å². The van der Waals surface area contributed by atoms with Crippen molar-refractivity contribution in [2.75, 3.05) is 18.8 Å². The number of para-hydroxylation sites is 1. The third-order valence-electron chi connectivity index (χ3n) is 8.02. The van der Waals surface area contributed by atoms with Crippen molar-refractivity contribution >= 4 is 23.1 Å². The molecule has 222 valence electrons. The van der Waals surface area contributed by atoms with Crippen LogP contribution in [0.2, 0.25) is 0 Å². The number of aliphatic hydroxyl groups is 1. The van der Waals surface area contributed by atoms with Crippen molar-refractivity contribution in [3.8, 4) is 17.2 Å². The molecule has 7 nitrogen and oxygen atoms in total. The summed E-state index contributed by atoms with van der Waals surface area (Å²) in [6, 6.07) is 16.5. The Morgan fingerprint density at radius 2 is 1.72 bits per heavy atom. The zero-order chi connectivity index (χ0) is 30.7. The van der Waals surface area contributed by atoms with Crippen LogP contribution in [-0.4, -0.2) is 30.6 Å². The Bertz CT molecular complexity index is 1710. The largest absolute Gasteiger partial charge is 0.507 e. The van der Waals surface area contributed by atoms with E-state index in [1.165, 1.54) is 30.2 Å². The molecule has 10 heteroatoms. The van der Waals surface area contributed by atoms with Crippen LogP contribution in [0.15, 0.2) is 83.6 Å². The first-order valence-electron chi connectivity index (χ1n) is 13.7. The molecule has 3 aromatic carbocycles. The summed E-state index contributed by atoms with van der Waals surface area (Å²) < 4.78 is 59.4. The number of rotatable bonds is 4. The molecule has 0 fully saturated rings. The Morgan fingerprint density at radius 3 is 2.42 bits per heavy atom. The van der Waals surface area contributed by atoms with Crippen molar-refractivity contribution < 1.29 is 37.3 Å². The summed E-state index contributed by atoms with van der Waals surface area (Å²) in [5, 5.41) is 21.3. The predicted molar refractivity (Wildman–Crippen MR) is 155 cm³/mol. The van der Waals surface area contributed by atoms with Gasteiger partial charge in [-0.15, -0.1) is 0 Å². The molecule has 3 aromatic rings. The number of anilines is 1. The maximum Gasteiger partial charge on any atom is 0.418 e. The highest BCUT2D eigenvalue weighted by atomic mass is 19.4. The molecule has 2 heterocycles. The van der Waals surface area contributed by atoms with Gasteiger partial charge in [-0.2, -0.15) is 13.2 Å². The molecule has 6 rings (SSSR count). The molecule has 43 heavy (non-hydrogen) atoms. The molecule has 0 aromatic heterocycles. The molecule has 0 spiro atoms. The number of nitrogens with one attached hydrogen (secondary N) is 1. The number of ether oxygens (including phenoxy) is 3. The zero-order valence-corrected chi connectivity index (χ0v) is 23.7. The summed E-state index contributed by atoms with van der Waals surface area (Å²) in [5.41, 5.74) is -0.447. The first kappa shape index (κ1) is 28.4. The molecule has 0 amide bonds. The summed E-state index contributed by atoms with van der Waals surface area (Å²) in [4.78, 5) is 15.3. The number of allylic oxidation sites excluding steroid dienone is 2. The number of Topliss-reactive ketones (excluding diaryl/α,β-unsaturated/α-hetero) is 1. The molecule has 0 radical (unpaired) electrons. The van der Waals surface area contributed by atoms with E-state index in [4.69, 9.17) is 14.2 Å². The molecule has 2 aliphatic heterocycles. The van der Waals surface area contributed by atoms with Crippen LogP contribution in [0.4, 0.5) is 18.9 Å². The number of alkyl halides is 3. The summed E-state index contributed by atoms with van der Waals surface area (Å²) in [6.07, 6.45) is -4.35. The number of benzene rings is 3. The van der Waals surface area contributed by atoms with Gasteiger partial charge in [-0.3, -0.25) is 15.1 Å². The van der Waals surface area contributed by atoms with Crippen molar-refractivity contribution in [1.29, 1.82) is 5.41 Å². The number of carbonyl (C=O) groups excluding carboxylic acids is 1. The van der Waals surface area contributed by atoms with Crippen molar-refractivity contribution in [3.63, 3.8) is 0 Å². The summed E-state index contributed by atoms with van der Waals surface area (Å²) >= 11 is 0. The fourth-order valence-corrected chi connectivity index (χ4v) is 6.12. The average Bonchev–Trinajstić information content (AvgIpc) is 3.43. The lowest BCUT2D eigenvalue weighted by atomic mass is 9.67. The van der Waals surface area contributed by atoms with Gasteiger partial charge in [-0.25, -0.2) is 0 Å². The Balaban J connectivity index is 1.68. The van der Waals surface area contributed by atoms with E-state index in [0.717, 1.165) is 6.07 Å². The van der Waals surface area contributed by atoms with Gasteiger partial charge in [0.15, 0.2) is 17.3 Å². The highest BCUT2D eigenvalue weighted by Crippen LogP contribution is 2.53. The van der Waals surface area contributed by atoms with Gasteiger partial charge in [0.05, 0.1) is 18.4 Å². The zero-order valence-electron chi connectivity index (χ0n) is 23.7. The second-order valence-corrected chi connectivity index (χ2v) is 11.5. The molecule has 3 aliphatic rings. The van der Waals surface area contributed by atoms with Gasteiger partial charge < -0.3 is 19.3 Å². The number of halogens is 3. The van der Waals surface area contributed by atoms with E-state index in [1.54, 1.807) is 42.5 Å². The average molecular weight is 591 g/mol. The molecule has 0 saturated carbocycles. The standard InChI is InChI=1S/C33H29F3N2O5/c1-32(2)15-23-28(24(39)16-32)27(19-10-13-25-26(14-19)43-17-42-25)29(30(40)18-8-11-20(41-3)12-9-18)31(37)38(23)22-7-5-4-6-21(22)33(34,35)36/h4-14,27,37,40H,15-17H2,1-3H3/b30-29+,37-31?/t27-/m1/s1. The van der Waals surface area contributed by atoms with E-state index in [0.29, 0.717) is 34.1 Å². The molecule has 1 aliphatic carbocycles. The van der Waals surface area contributed by atoms with E-state index >= 15 is 0 Å². The van der Waals surface area contributed by atoms with Crippen LogP contribution in [0, 0.1) is 10.8 Å². The number of ketones is 1. The minimum absolute atomic E-state index is 0.00665. The SMILES string of the molecule is COc1ccc(/C(O)=C2\C(=N)N(c3ccccc3C(F)(F)F)C3=C(C(=O)CC(C)(C)C3)[C@H]2c2ccc3c(c2)OCO3)cc1. The lowest BCUT2D eigenvalue weighted by Crippen LogP contribution is -2.45. The molecular weight excluding hydrogens is 561 g/mol. The number of amidine groups is 1. The fraction of sp³-hybridized carbons (Fsp3) is 0.273. The Morgan fingerprint density at radius 1 is 1.02 bits per heavy atom. The predicted octanol–water partition coefficient (Wildman–Crippen LogP) is 7.64. The number of aliphatic hydroxyl groups excluding tert-OH is 1. The van der Waals surface area contributed by atoms with E-state index < -0.39 is 23.1 Å². The van der Waals surface area contributed by atoms with E-state index in [9.17, 15) is 28.5 Å². The fourth-order valence-electron chi connectivity index (χ4n) is 6.12. The van der Waals surface area contributed by atoms with E-state index in [2.05, 4.69) is 0 Å². The third kappa shape index (κ3) is 4.90. The number of fused-ring (bicyclic) bond motifs is 1. The van der Waals surface area contributed by atoms with Gasteiger partial charge in [0.1, 0.15) is 17.3 Å². The first-order chi connectivity index (χ1) is 20.4. The number of nitrogens with zero attached hydrogens (tertiary/aromatic N) is 1. The first-order valence-corrected chi connectivity index (χ1v) is 13.7. The maximum absolute atomic E-state index is 14.4. The smallest absolute Gasteiger partial charge is 0.418 e. The topological polar surface area (TPSA) is 92.1 Å². The van der Waals surface area contributed by atoms with E-state index in [1.807, 2.05) is 13.8 Å². The highest BCUT2D eigenvalue weighted by molar-refractivity contribution is 6.20. The molecule has 0 unspecified atom stereocenters. The Kier molecular flexibility index (Phi) is 6.75. The lowest BCUT2D eigenvalue weighted by Gasteiger charge is -2.45. The minimum atomic E-state index is -4.73. The van der Waals surface area contributed by atoms with Crippen molar-refractivity contribution in [2.45, 2.75) is 38.8 Å². The second-order valence-electron chi connectivity index (χ2n) is 11.5. The summed E-state index contributed by atoms with van der Waals surface area (Å²) in [7, 11) is 1.50. The maximum atomic E-state index is 14.4. The van der Waals surface area contributed by atoms with Crippen LogP contribution in [0.25, 0.3) is 5.76 Å². The Hall–Kier alpha value is -4.73. The molecule has 2 N–H and O–H groups in total. The van der Waals surface area contributed by atoms with Crippen LogP contribution in [-0.2, 0) is 11.0 Å². The van der Waals surface area contributed by atoms with E-state index in [-0.39, 0.29) is 53.8 Å². The summed E-state index contributed by atoms with van der Waals surface area (Å²) in [5.74, 6) is -0.463. The Labute approximate surface area is 246 Å². The van der Waals surface area contributed by atoms with Crippen LogP contribution < -0.4 is 19.1 Å². The molecule has 1 atom stereocenters. The lowest BCUT2D eigenvalue weighted by molar-refractivity contribution is -0.137. The molecule has 0 saturated heterocycles. The number of methoxy groups -OCH3 is 1. The minimum Gasteiger partial charge on any atom is -0.507 e. The summed E-state index contributed by atoms with van der Waals surface area (Å²) in [6.45, 7) is 3.77. The van der Waals surface area contributed by atoms with Crippen LogP contribution in [0.5, 0.6) is 17.2 Å². The number of hydrogen-bond acceptors (Lipinski definition) is 6.